The SMILES string of the molecule is C[C@H]1CC(=O)N2C[C@]34C[C@]5(C[C@@H](OCc6ccccc6)N(C)C5=O)C(C)(C)[C@@H]3C[C@]12C(=O)N4C. The first-order valence-electron chi connectivity index (χ1n) is 12.5. The largest absolute Gasteiger partial charge is 0.354 e. The van der Waals surface area contributed by atoms with Gasteiger partial charge in [-0.1, -0.05) is 51.1 Å². The lowest BCUT2D eigenvalue weighted by Crippen LogP contribution is -2.80. The number of nitrogens with zero attached hydrogens (tertiary/aromatic N) is 3. The summed E-state index contributed by atoms with van der Waals surface area (Å²) in [6.07, 6.45) is 1.98. The maximum Gasteiger partial charge on any atom is 0.249 e. The van der Waals surface area contributed by atoms with E-state index in [4.69, 9.17) is 4.74 Å². The van der Waals surface area contributed by atoms with Gasteiger partial charge >= 0.3 is 0 Å². The summed E-state index contributed by atoms with van der Waals surface area (Å²) >= 11 is 0. The Morgan fingerprint density at radius 2 is 1.74 bits per heavy atom. The zero-order valence-electron chi connectivity index (χ0n) is 20.8. The lowest BCUT2D eigenvalue weighted by Gasteiger charge is -2.64. The molecule has 5 saturated heterocycles. The normalized spacial score (nSPS) is 42.2. The van der Waals surface area contributed by atoms with Crippen LogP contribution in [0.25, 0.3) is 0 Å². The third-order valence-corrected chi connectivity index (χ3v) is 10.7. The maximum atomic E-state index is 14.0. The minimum absolute atomic E-state index is 0.00972. The highest BCUT2D eigenvalue weighted by Crippen LogP contribution is 2.72. The number of carbonyl (C=O) groups excluding carboxylic acids is 3. The van der Waals surface area contributed by atoms with E-state index in [1.807, 2.05) is 61.2 Å². The molecule has 5 heterocycles. The van der Waals surface area contributed by atoms with Gasteiger partial charge in [0.1, 0.15) is 11.8 Å². The second kappa shape index (κ2) is 6.62. The van der Waals surface area contributed by atoms with Crippen LogP contribution in [-0.4, -0.2) is 70.4 Å². The zero-order chi connectivity index (χ0) is 24.3. The Labute approximate surface area is 201 Å². The van der Waals surface area contributed by atoms with Crippen molar-refractivity contribution in [3.05, 3.63) is 35.9 Å². The molecule has 0 unspecified atom stereocenters. The molecule has 34 heavy (non-hydrogen) atoms. The molecule has 2 bridgehead atoms. The minimum atomic E-state index is -0.752. The quantitative estimate of drug-likeness (QED) is 0.688. The second-order valence-corrected chi connectivity index (χ2v) is 12.1. The Morgan fingerprint density at radius 1 is 1.03 bits per heavy atom. The van der Waals surface area contributed by atoms with Gasteiger partial charge in [-0.3, -0.25) is 14.4 Å². The molecule has 1 aromatic rings. The van der Waals surface area contributed by atoms with E-state index in [0.29, 0.717) is 38.8 Å². The van der Waals surface area contributed by atoms with E-state index in [1.54, 1.807) is 4.90 Å². The molecule has 0 N–H and O–H groups in total. The van der Waals surface area contributed by atoms with Crippen molar-refractivity contribution in [3.8, 4) is 0 Å². The highest BCUT2D eigenvalue weighted by atomic mass is 16.5. The van der Waals surface area contributed by atoms with Gasteiger partial charge in [-0.15, -0.1) is 0 Å². The maximum absolute atomic E-state index is 14.0. The number of piperidine rings is 2. The van der Waals surface area contributed by atoms with E-state index in [2.05, 4.69) is 13.8 Å². The molecule has 182 valence electrons. The number of rotatable bonds is 3. The molecule has 0 radical (unpaired) electrons. The van der Waals surface area contributed by atoms with Crippen LogP contribution in [0.3, 0.4) is 0 Å². The highest BCUT2D eigenvalue weighted by Gasteiger charge is 2.81. The van der Waals surface area contributed by atoms with Gasteiger partial charge in [0.15, 0.2) is 0 Å². The Hall–Kier alpha value is -2.41. The average molecular weight is 466 g/mol. The van der Waals surface area contributed by atoms with Crippen LogP contribution in [0.1, 0.15) is 52.0 Å². The van der Waals surface area contributed by atoms with Crippen molar-refractivity contribution in [2.75, 3.05) is 20.6 Å². The molecule has 1 aromatic carbocycles. The van der Waals surface area contributed by atoms with Crippen LogP contribution in [0.15, 0.2) is 30.3 Å². The molecule has 3 amide bonds. The Kier molecular flexibility index (Phi) is 4.30. The molecule has 6 aliphatic rings. The summed E-state index contributed by atoms with van der Waals surface area (Å²) in [5.41, 5.74) is -1.13. The van der Waals surface area contributed by atoms with Crippen LogP contribution in [0.5, 0.6) is 0 Å². The second-order valence-electron chi connectivity index (χ2n) is 12.1. The number of benzene rings is 1. The molecule has 5 aliphatic heterocycles. The van der Waals surface area contributed by atoms with Crippen molar-refractivity contribution >= 4 is 17.7 Å². The summed E-state index contributed by atoms with van der Waals surface area (Å²) in [5, 5.41) is 0. The van der Waals surface area contributed by atoms with Crippen molar-refractivity contribution in [1.82, 2.24) is 14.7 Å². The lowest BCUT2D eigenvalue weighted by molar-refractivity contribution is -0.192. The first-order chi connectivity index (χ1) is 16.0. The summed E-state index contributed by atoms with van der Waals surface area (Å²) in [6, 6.07) is 10.0. The van der Waals surface area contributed by atoms with Crippen LogP contribution >= 0.6 is 0 Å². The van der Waals surface area contributed by atoms with Gasteiger partial charge in [0, 0.05) is 33.5 Å². The summed E-state index contributed by atoms with van der Waals surface area (Å²) in [6.45, 7) is 7.48. The number of likely N-dealkylation sites (N-methyl/N-ethyl adjacent to an activating group) is 1. The van der Waals surface area contributed by atoms with E-state index in [0.717, 1.165) is 5.56 Å². The molecule has 1 aliphatic carbocycles. The predicted octanol–water partition coefficient (Wildman–Crippen LogP) is 2.65. The van der Waals surface area contributed by atoms with E-state index >= 15 is 0 Å². The molecule has 6 atom stereocenters. The van der Waals surface area contributed by atoms with Gasteiger partial charge in [0.2, 0.25) is 17.7 Å². The number of likely N-dealkylation sites (tertiary alicyclic amines) is 1. The molecule has 1 saturated carbocycles. The van der Waals surface area contributed by atoms with E-state index < -0.39 is 16.5 Å². The third-order valence-electron chi connectivity index (χ3n) is 10.7. The summed E-state index contributed by atoms with van der Waals surface area (Å²) in [7, 11) is 3.75. The molecule has 0 aromatic heterocycles. The first kappa shape index (κ1) is 22.1. The van der Waals surface area contributed by atoms with Crippen molar-refractivity contribution < 1.29 is 19.1 Å². The van der Waals surface area contributed by atoms with Crippen LogP contribution < -0.4 is 0 Å². The summed E-state index contributed by atoms with van der Waals surface area (Å²) < 4.78 is 6.30. The van der Waals surface area contributed by atoms with Crippen LogP contribution in [-0.2, 0) is 25.7 Å². The zero-order valence-corrected chi connectivity index (χ0v) is 20.8. The molecular formula is C27H35N3O4. The predicted molar refractivity (Wildman–Crippen MR) is 125 cm³/mol. The average Bonchev–Trinajstić information content (AvgIpc) is 3.29. The van der Waals surface area contributed by atoms with Gasteiger partial charge < -0.3 is 19.4 Å². The smallest absolute Gasteiger partial charge is 0.249 e. The first-order valence-corrected chi connectivity index (χ1v) is 12.5. The summed E-state index contributed by atoms with van der Waals surface area (Å²) in [4.78, 5) is 46.4. The molecule has 7 nitrogen and oxygen atoms in total. The van der Waals surface area contributed by atoms with Crippen molar-refractivity contribution in [3.63, 3.8) is 0 Å². The van der Waals surface area contributed by atoms with Gasteiger partial charge in [0.25, 0.3) is 0 Å². The van der Waals surface area contributed by atoms with E-state index in [-0.39, 0.29) is 41.2 Å². The number of carbonyl (C=O) groups is 3. The van der Waals surface area contributed by atoms with E-state index in [1.165, 1.54) is 0 Å². The minimum Gasteiger partial charge on any atom is -0.354 e. The number of hydrogen-bond donors (Lipinski definition) is 0. The third kappa shape index (κ3) is 2.30. The van der Waals surface area contributed by atoms with Crippen molar-refractivity contribution in [1.29, 1.82) is 0 Å². The Morgan fingerprint density at radius 3 is 2.44 bits per heavy atom. The van der Waals surface area contributed by atoms with Crippen LogP contribution in [0, 0.1) is 22.7 Å². The lowest BCUT2D eigenvalue weighted by atomic mass is 9.57. The van der Waals surface area contributed by atoms with Gasteiger partial charge in [-0.25, -0.2) is 0 Å². The molecule has 7 rings (SSSR count). The fourth-order valence-corrected chi connectivity index (χ4v) is 8.62. The van der Waals surface area contributed by atoms with Crippen molar-refractivity contribution in [2.45, 2.75) is 70.4 Å². The summed E-state index contributed by atoms with van der Waals surface area (Å²) in [5.74, 6) is 0.407. The molecule has 6 fully saturated rings. The fourth-order valence-electron chi connectivity index (χ4n) is 8.62. The van der Waals surface area contributed by atoms with Crippen molar-refractivity contribution in [2.24, 2.45) is 22.7 Å². The van der Waals surface area contributed by atoms with Crippen LogP contribution in [0.2, 0.25) is 0 Å². The standard InChI is InChI=1S/C27H35N3O4/c1-17-11-20(31)30-16-26-15-25(24(2,3)19(26)12-27(17,30)23(33)29(26)5)13-21(28(4)22(25)32)34-14-18-9-7-6-8-10-18/h6-10,17,19,21H,11-16H2,1-5H3/t17-,19-,21+,25-,26+,27+/m0/s1. The Balaban J connectivity index is 1.37. The monoisotopic (exact) mass is 465 g/mol. The number of hydrogen-bond acceptors (Lipinski definition) is 4. The van der Waals surface area contributed by atoms with Crippen LogP contribution in [0.4, 0.5) is 0 Å². The fraction of sp³-hybridized carbons (Fsp3) is 0.667. The molecule has 7 heteroatoms. The van der Waals surface area contributed by atoms with Gasteiger partial charge in [-0.05, 0) is 35.7 Å². The van der Waals surface area contributed by atoms with Gasteiger partial charge in [0.05, 0.1) is 17.6 Å². The highest BCUT2D eigenvalue weighted by molar-refractivity contribution is 5.98. The number of fused-ring (bicyclic) bond motifs is 1. The number of piperazine rings is 1. The number of ether oxygens (including phenoxy) is 1. The molecular weight excluding hydrogens is 430 g/mol. The number of amides is 3. The Bertz CT molecular complexity index is 1090. The van der Waals surface area contributed by atoms with E-state index in [9.17, 15) is 14.4 Å². The molecule has 3 spiro atoms. The van der Waals surface area contributed by atoms with Gasteiger partial charge in [-0.2, -0.15) is 0 Å². The topological polar surface area (TPSA) is 70.2 Å².